The Kier molecular flexibility index (Phi) is 5.42. The van der Waals surface area contributed by atoms with Crippen molar-refractivity contribution in [2.24, 2.45) is 0 Å². The Hall–Kier alpha value is -3.80. The van der Waals surface area contributed by atoms with Gasteiger partial charge in [-0.1, -0.05) is 18.2 Å². The molecule has 29 heavy (non-hydrogen) atoms. The van der Waals surface area contributed by atoms with E-state index in [9.17, 15) is 4.79 Å². The van der Waals surface area contributed by atoms with Crippen LogP contribution in [0.15, 0.2) is 79.5 Å². The number of nitrogens with one attached hydrogen (secondary N) is 1. The molecule has 0 unspecified atom stereocenters. The molecule has 0 fully saturated rings. The van der Waals surface area contributed by atoms with E-state index in [1.807, 2.05) is 55.6 Å². The number of benzene rings is 1. The van der Waals surface area contributed by atoms with Crippen LogP contribution in [0.2, 0.25) is 0 Å². The highest BCUT2D eigenvalue weighted by Gasteiger charge is 2.11. The van der Waals surface area contributed by atoms with Crippen molar-refractivity contribution in [2.75, 3.05) is 23.8 Å². The van der Waals surface area contributed by atoms with Gasteiger partial charge in [0, 0.05) is 43.8 Å². The zero-order valence-corrected chi connectivity index (χ0v) is 16.1. The molecule has 3 heterocycles. The number of carbonyl (C=O) groups is 1. The maximum atomic E-state index is 12.8. The molecule has 1 amide bonds. The number of hydrogen-bond donors (Lipinski definition) is 1. The second-order valence-electron chi connectivity index (χ2n) is 6.79. The molecule has 0 aliphatic carbocycles. The van der Waals surface area contributed by atoms with Gasteiger partial charge in [0.15, 0.2) is 0 Å². The van der Waals surface area contributed by atoms with Crippen LogP contribution in [0.1, 0.15) is 15.9 Å². The van der Waals surface area contributed by atoms with Gasteiger partial charge in [-0.15, -0.1) is 0 Å². The third-order valence-electron chi connectivity index (χ3n) is 4.79. The zero-order valence-electron chi connectivity index (χ0n) is 16.1. The first kappa shape index (κ1) is 18.6. The van der Waals surface area contributed by atoms with E-state index >= 15 is 0 Å². The van der Waals surface area contributed by atoms with E-state index in [2.05, 4.69) is 25.2 Å². The summed E-state index contributed by atoms with van der Waals surface area (Å²) < 4.78 is 0. The number of rotatable bonds is 6. The largest absolute Gasteiger partial charge is 0.373 e. The molecule has 4 rings (SSSR count). The molecule has 0 saturated carbocycles. The highest BCUT2D eigenvalue weighted by molar-refractivity contribution is 6.08. The van der Waals surface area contributed by atoms with E-state index in [1.165, 1.54) is 5.56 Å². The lowest BCUT2D eigenvalue weighted by molar-refractivity contribution is 0.102. The number of fused-ring (bicyclic) bond motifs is 1. The Morgan fingerprint density at radius 1 is 1.00 bits per heavy atom. The topological polar surface area (TPSA) is 71.0 Å². The summed E-state index contributed by atoms with van der Waals surface area (Å²) in [6.45, 7) is 0.810. The molecule has 0 atom stereocenters. The normalized spacial score (nSPS) is 10.7. The second kappa shape index (κ2) is 8.48. The number of amides is 1. The van der Waals surface area contributed by atoms with Gasteiger partial charge in [0.05, 0.1) is 28.7 Å². The molecule has 0 aliphatic rings. The third-order valence-corrected chi connectivity index (χ3v) is 4.79. The molecule has 6 heteroatoms. The van der Waals surface area contributed by atoms with E-state index in [1.54, 1.807) is 31.0 Å². The molecule has 1 N–H and O–H groups in total. The van der Waals surface area contributed by atoms with Crippen molar-refractivity contribution in [3.63, 3.8) is 0 Å². The number of anilines is 2. The first-order valence-corrected chi connectivity index (χ1v) is 9.41. The van der Waals surface area contributed by atoms with E-state index in [0.29, 0.717) is 11.3 Å². The summed E-state index contributed by atoms with van der Waals surface area (Å²) in [4.78, 5) is 27.6. The monoisotopic (exact) mass is 383 g/mol. The maximum absolute atomic E-state index is 12.8. The van der Waals surface area contributed by atoms with Gasteiger partial charge in [0.25, 0.3) is 5.91 Å². The van der Waals surface area contributed by atoms with Crippen LogP contribution in [0.4, 0.5) is 11.4 Å². The Balaban J connectivity index is 1.48. The maximum Gasteiger partial charge on any atom is 0.257 e. The average Bonchev–Trinajstić information content (AvgIpc) is 2.78. The van der Waals surface area contributed by atoms with Crippen LogP contribution in [-0.4, -0.2) is 34.5 Å². The van der Waals surface area contributed by atoms with Gasteiger partial charge in [0.1, 0.15) is 0 Å². The molecular weight excluding hydrogens is 362 g/mol. The smallest absolute Gasteiger partial charge is 0.257 e. The lowest BCUT2D eigenvalue weighted by Crippen LogP contribution is -2.21. The lowest BCUT2D eigenvalue weighted by Gasteiger charge is -2.19. The summed E-state index contributed by atoms with van der Waals surface area (Å²) in [5.41, 5.74) is 4.07. The molecule has 0 aliphatic heterocycles. The molecule has 0 saturated heterocycles. The highest BCUT2D eigenvalue weighted by Crippen LogP contribution is 2.22. The molecule has 0 spiro atoms. The number of likely N-dealkylation sites (N-methyl/N-ethyl adjacent to an activating group) is 1. The van der Waals surface area contributed by atoms with Gasteiger partial charge >= 0.3 is 0 Å². The minimum Gasteiger partial charge on any atom is -0.373 e. The third kappa shape index (κ3) is 4.38. The molecule has 0 bridgehead atoms. The Bertz CT molecular complexity index is 1120. The number of hydrogen-bond acceptors (Lipinski definition) is 5. The van der Waals surface area contributed by atoms with Crippen LogP contribution < -0.4 is 10.2 Å². The van der Waals surface area contributed by atoms with Crippen LogP contribution in [0, 0.1) is 0 Å². The summed E-state index contributed by atoms with van der Waals surface area (Å²) in [6, 6.07) is 15.4. The van der Waals surface area contributed by atoms with Gasteiger partial charge in [-0.3, -0.25) is 19.7 Å². The highest BCUT2D eigenvalue weighted by atomic mass is 16.1. The van der Waals surface area contributed by atoms with Crippen LogP contribution in [0.25, 0.3) is 10.9 Å². The molecule has 4 aromatic rings. The van der Waals surface area contributed by atoms with Gasteiger partial charge in [-0.25, -0.2) is 0 Å². The fraction of sp³-hybridized carbons (Fsp3) is 0.130. The van der Waals surface area contributed by atoms with E-state index < -0.39 is 0 Å². The summed E-state index contributed by atoms with van der Waals surface area (Å²) in [7, 11) is 1.99. The van der Waals surface area contributed by atoms with Crippen LogP contribution in [-0.2, 0) is 6.42 Å². The van der Waals surface area contributed by atoms with Gasteiger partial charge < -0.3 is 10.2 Å². The number of pyridine rings is 3. The first-order chi connectivity index (χ1) is 14.2. The summed E-state index contributed by atoms with van der Waals surface area (Å²) >= 11 is 0. The standard InChI is InChI=1S/C23H21N5O/c1-28(13-9-17-7-11-24-12-8-17)20-14-19(15-25-16-20)23(29)27-21-6-2-4-18-5-3-10-26-22(18)21/h2-8,10-12,14-16H,9,13H2,1H3,(H,27,29). The van der Waals surface area contributed by atoms with Crippen LogP contribution in [0.3, 0.4) is 0 Å². The van der Waals surface area contributed by atoms with E-state index in [0.717, 1.165) is 29.6 Å². The van der Waals surface area contributed by atoms with E-state index in [4.69, 9.17) is 0 Å². The summed E-state index contributed by atoms with van der Waals surface area (Å²) in [5.74, 6) is -0.208. The fourth-order valence-corrected chi connectivity index (χ4v) is 3.14. The molecule has 1 aromatic carbocycles. The van der Waals surface area contributed by atoms with Crippen LogP contribution >= 0.6 is 0 Å². The molecule has 3 aromatic heterocycles. The SMILES string of the molecule is CN(CCc1ccncc1)c1cncc(C(=O)Nc2cccc3cccnc23)c1. The predicted octanol–water partition coefficient (Wildman–Crippen LogP) is 3.96. The Morgan fingerprint density at radius 3 is 2.69 bits per heavy atom. The molecule has 0 radical (unpaired) electrons. The predicted molar refractivity (Wildman–Crippen MR) is 115 cm³/mol. The number of nitrogens with zero attached hydrogens (tertiary/aromatic N) is 4. The van der Waals surface area contributed by atoms with Gasteiger partial charge in [0.2, 0.25) is 0 Å². The van der Waals surface area contributed by atoms with Crippen molar-refractivity contribution >= 4 is 28.2 Å². The number of aromatic nitrogens is 3. The van der Waals surface area contributed by atoms with E-state index in [-0.39, 0.29) is 5.91 Å². The minimum absolute atomic E-state index is 0.208. The number of carbonyl (C=O) groups excluding carboxylic acids is 1. The summed E-state index contributed by atoms with van der Waals surface area (Å²) in [5, 5.41) is 3.94. The fourth-order valence-electron chi connectivity index (χ4n) is 3.14. The molecule has 144 valence electrons. The van der Waals surface area contributed by atoms with Crippen LogP contribution in [0.5, 0.6) is 0 Å². The molecule has 6 nitrogen and oxygen atoms in total. The minimum atomic E-state index is -0.208. The van der Waals surface area contributed by atoms with Crippen molar-refractivity contribution < 1.29 is 4.79 Å². The van der Waals surface area contributed by atoms with Crippen molar-refractivity contribution in [1.29, 1.82) is 0 Å². The van der Waals surface area contributed by atoms with Crippen molar-refractivity contribution in [1.82, 2.24) is 15.0 Å². The quantitative estimate of drug-likeness (QED) is 0.546. The average molecular weight is 383 g/mol. The lowest BCUT2D eigenvalue weighted by atomic mass is 10.1. The summed E-state index contributed by atoms with van der Waals surface area (Å²) in [6.07, 6.45) is 9.54. The van der Waals surface area contributed by atoms with Crippen molar-refractivity contribution in [2.45, 2.75) is 6.42 Å². The second-order valence-corrected chi connectivity index (χ2v) is 6.79. The van der Waals surface area contributed by atoms with Crippen molar-refractivity contribution in [3.05, 3.63) is 90.6 Å². The Morgan fingerprint density at radius 2 is 1.83 bits per heavy atom. The van der Waals surface area contributed by atoms with Gasteiger partial charge in [-0.05, 0) is 42.3 Å². The Labute approximate surface area is 169 Å². The van der Waals surface area contributed by atoms with Crippen molar-refractivity contribution in [3.8, 4) is 0 Å². The van der Waals surface area contributed by atoms with Gasteiger partial charge in [-0.2, -0.15) is 0 Å². The first-order valence-electron chi connectivity index (χ1n) is 9.41. The zero-order chi connectivity index (χ0) is 20.1. The number of para-hydroxylation sites is 1. The molecular formula is C23H21N5O.